The average molecular weight is 297 g/mol. The number of thioether (sulfide) groups is 1. The van der Waals surface area contributed by atoms with Gasteiger partial charge in [0.2, 0.25) is 5.89 Å². The lowest BCUT2D eigenvalue weighted by atomic mass is 10.3. The van der Waals surface area contributed by atoms with E-state index in [0.29, 0.717) is 17.5 Å². The summed E-state index contributed by atoms with van der Waals surface area (Å²) in [6.07, 6.45) is 3.94. The summed E-state index contributed by atoms with van der Waals surface area (Å²) in [5, 5.41) is 8.28. The molecule has 0 N–H and O–H groups in total. The van der Waals surface area contributed by atoms with Crippen LogP contribution in [0.4, 0.5) is 0 Å². The fourth-order valence-corrected chi connectivity index (χ4v) is 5.18. The van der Waals surface area contributed by atoms with Crippen LogP contribution in [-0.4, -0.2) is 40.4 Å². The van der Waals surface area contributed by atoms with Crippen molar-refractivity contribution in [2.45, 2.75) is 16.9 Å². The predicted octanol–water partition coefficient (Wildman–Crippen LogP) is 1.41. The van der Waals surface area contributed by atoms with Crippen LogP contribution < -0.4 is 0 Å². The van der Waals surface area contributed by atoms with Gasteiger partial charge < -0.3 is 4.42 Å². The van der Waals surface area contributed by atoms with Crippen molar-refractivity contribution in [1.29, 1.82) is 0 Å². The molecule has 0 aliphatic carbocycles. The smallest absolute Gasteiger partial charge is 0.277 e. The van der Waals surface area contributed by atoms with Crippen LogP contribution in [0.5, 0.6) is 0 Å². The lowest BCUT2D eigenvalue weighted by molar-refractivity contribution is 0.465. The van der Waals surface area contributed by atoms with E-state index in [1.54, 1.807) is 18.5 Å². The molecule has 1 atom stereocenters. The van der Waals surface area contributed by atoms with Crippen LogP contribution in [0.3, 0.4) is 0 Å². The summed E-state index contributed by atoms with van der Waals surface area (Å²) in [6, 6.07) is 3.62. The minimum Gasteiger partial charge on any atom is -0.411 e. The molecule has 0 spiro atoms. The lowest BCUT2D eigenvalue weighted by Crippen LogP contribution is -2.05. The summed E-state index contributed by atoms with van der Waals surface area (Å²) in [5.41, 5.74) is 0.751. The predicted molar refractivity (Wildman–Crippen MR) is 70.4 cm³/mol. The Morgan fingerprint density at radius 1 is 1.37 bits per heavy atom. The van der Waals surface area contributed by atoms with E-state index in [0.717, 1.165) is 5.56 Å². The van der Waals surface area contributed by atoms with Crippen molar-refractivity contribution < 1.29 is 12.8 Å². The SMILES string of the molecule is O=S1(=O)CCC(Sc2nnc(-c3cccnc3)o2)C1. The zero-order chi connectivity index (χ0) is 13.3. The Kier molecular flexibility index (Phi) is 3.28. The van der Waals surface area contributed by atoms with Gasteiger partial charge in [0, 0.05) is 17.6 Å². The molecule has 0 amide bonds. The van der Waals surface area contributed by atoms with Gasteiger partial charge in [0.05, 0.1) is 17.1 Å². The number of hydrogen-bond acceptors (Lipinski definition) is 7. The van der Waals surface area contributed by atoms with Crippen LogP contribution in [0, 0.1) is 0 Å². The quantitative estimate of drug-likeness (QED) is 0.846. The van der Waals surface area contributed by atoms with Gasteiger partial charge in [-0.1, -0.05) is 11.8 Å². The maximum Gasteiger partial charge on any atom is 0.277 e. The second-order valence-corrected chi connectivity index (χ2v) is 7.74. The summed E-state index contributed by atoms with van der Waals surface area (Å²) < 4.78 is 28.2. The Morgan fingerprint density at radius 2 is 2.26 bits per heavy atom. The Morgan fingerprint density at radius 3 is 2.95 bits per heavy atom. The van der Waals surface area contributed by atoms with Crippen LogP contribution in [0.25, 0.3) is 11.5 Å². The molecule has 1 unspecified atom stereocenters. The molecule has 0 bridgehead atoms. The molecule has 1 aliphatic rings. The van der Waals surface area contributed by atoms with Gasteiger partial charge in [-0.3, -0.25) is 4.98 Å². The standard InChI is InChI=1S/C11H11N3O3S2/c15-19(16)5-3-9(7-19)18-11-14-13-10(17-11)8-2-1-4-12-6-8/h1-2,4,6,9H,3,5,7H2. The van der Waals surface area contributed by atoms with E-state index in [9.17, 15) is 8.42 Å². The Balaban J connectivity index is 1.73. The zero-order valence-electron chi connectivity index (χ0n) is 9.89. The normalized spacial score (nSPS) is 21.6. The third kappa shape index (κ3) is 2.95. The molecule has 0 saturated carbocycles. The second-order valence-electron chi connectivity index (χ2n) is 4.26. The Labute approximate surface area is 114 Å². The molecule has 1 fully saturated rings. The number of nitrogens with zero attached hydrogens (tertiary/aromatic N) is 3. The number of sulfone groups is 1. The maximum absolute atomic E-state index is 11.4. The molecule has 100 valence electrons. The highest BCUT2D eigenvalue weighted by atomic mass is 32.2. The van der Waals surface area contributed by atoms with Crippen LogP contribution in [0.2, 0.25) is 0 Å². The summed E-state index contributed by atoms with van der Waals surface area (Å²) in [6.45, 7) is 0. The Bertz CT molecular complexity index is 670. The first-order valence-electron chi connectivity index (χ1n) is 5.73. The van der Waals surface area contributed by atoms with Crippen molar-refractivity contribution in [3.8, 4) is 11.5 Å². The molecule has 3 heterocycles. The van der Waals surface area contributed by atoms with E-state index in [4.69, 9.17) is 4.42 Å². The third-order valence-corrected chi connectivity index (χ3v) is 5.85. The molecule has 1 saturated heterocycles. The highest BCUT2D eigenvalue weighted by Gasteiger charge is 2.30. The molecule has 1 aliphatic heterocycles. The van der Waals surface area contributed by atoms with Gasteiger partial charge in [-0.25, -0.2) is 8.42 Å². The van der Waals surface area contributed by atoms with Crippen LogP contribution in [0.1, 0.15) is 6.42 Å². The molecule has 6 nitrogen and oxygen atoms in total. The van der Waals surface area contributed by atoms with Crippen molar-refractivity contribution in [2.75, 3.05) is 11.5 Å². The Hall–Kier alpha value is -1.41. The number of hydrogen-bond donors (Lipinski definition) is 0. The minimum atomic E-state index is -2.88. The molecular weight excluding hydrogens is 286 g/mol. The van der Waals surface area contributed by atoms with Crippen molar-refractivity contribution in [2.24, 2.45) is 0 Å². The van der Waals surface area contributed by atoms with E-state index in [-0.39, 0.29) is 16.8 Å². The highest BCUT2D eigenvalue weighted by Crippen LogP contribution is 2.31. The van der Waals surface area contributed by atoms with Gasteiger partial charge in [0.1, 0.15) is 0 Å². The molecule has 2 aromatic rings. The van der Waals surface area contributed by atoms with Crippen molar-refractivity contribution in [1.82, 2.24) is 15.2 Å². The maximum atomic E-state index is 11.4. The summed E-state index contributed by atoms with van der Waals surface area (Å²) >= 11 is 1.33. The highest BCUT2D eigenvalue weighted by molar-refractivity contribution is 8.01. The molecular formula is C11H11N3O3S2. The van der Waals surface area contributed by atoms with Gasteiger partial charge in [-0.2, -0.15) is 0 Å². The first kappa shape index (κ1) is 12.6. The topological polar surface area (TPSA) is 86.0 Å². The van der Waals surface area contributed by atoms with Gasteiger partial charge in [-0.05, 0) is 18.6 Å². The van der Waals surface area contributed by atoms with E-state index < -0.39 is 9.84 Å². The minimum absolute atomic E-state index is 0.00667. The van der Waals surface area contributed by atoms with E-state index in [1.165, 1.54) is 11.8 Å². The molecule has 19 heavy (non-hydrogen) atoms. The third-order valence-electron chi connectivity index (χ3n) is 2.77. The van der Waals surface area contributed by atoms with Crippen molar-refractivity contribution in [3.05, 3.63) is 24.5 Å². The molecule has 3 rings (SSSR count). The summed E-state index contributed by atoms with van der Waals surface area (Å²) in [7, 11) is -2.88. The monoisotopic (exact) mass is 297 g/mol. The fraction of sp³-hybridized carbons (Fsp3) is 0.364. The molecule has 0 aromatic carbocycles. The van der Waals surface area contributed by atoms with E-state index in [2.05, 4.69) is 15.2 Å². The first-order valence-corrected chi connectivity index (χ1v) is 8.43. The molecule has 2 aromatic heterocycles. The van der Waals surface area contributed by atoms with Gasteiger partial charge >= 0.3 is 0 Å². The number of aromatic nitrogens is 3. The van der Waals surface area contributed by atoms with E-state index in [1.807, 2.05) is 6.07 Å². The zero-order valence-corrected chi connectivity index (χ0v) is 11.5. The van der Waals surface area contributed by atoms with E-state index >= 15 is 0 Å². The fourth-order valence-electron chi connectivity index (χ4n) is 1.86. The van der Waals surface area contributed by atoms with Crippen molar-refractivity contribution in [3.63, 3.8) is 0 Å². The van der Waals surface area contributed by atoms with Crippen LogP contribution in [0.15, 0.2) is 34.2 Å². The van der Waals surface area contributed by atoms with Gasteiger partial charge in [0.15, 0.2) is 9.84 Å². The van der Waals surface area contributed by atoms with Crippen molar-refractivity contribution >= 4 is 21.6 Å². The van der Waals surface area contributed by atoms with Gasteiger partial charge in [0.25, 0.3) is 5.22 Å². The largest absolute Gasteiger partial charge is 0.411 e. The average Bonchev–Trinajstić information content (AvgIpc) is 2.98. The van der Waals surface area contributed by atoms with Crippen LogP contribution >= 0.6 is 11.8 Å². The van der Waals surface area contributed by atoms with Gasteiger partial charge in [-0.15, -0.1) is 10.2 Å². The summed E-state index contributed by atoms with van der Waals surface area (Å²) in [5.74, 6) is 0.827. The number of rotatable bonds is 3. The first-order chi connectivity index (χ1) is 9.12. The second kappa shape index (κ2) is 4.93. The summed E-state index contributed by atoms with van der Waals surface area (Å²) in [4.78, 5) is 3.98. The lowest BCUT2D eigenvalue weighted by Gasteiger charge is -2.01. The number of pyridine rings is 1. The molecule has 8 heteroatoms. The van der Waals surface area contributed by atoms with Crippen LogP contribution in [-0.2, 0) is 9.84 Å². The molecule has 0 radical (unpaired) electrons.